The van der Waals surface area contributed by atoms with Crippen LogP contribution >= 0.6 is 0 Å². The van der Waals surface area contributed by atoms with Gasteiger partial charge in [-0.2, -0.15) is 4.57 Å². The summed E-state index contributed by atoms with van der Waals surface area (Å²) in [6, 6.07) is 5.82. The number of nitrogens with zero attached hydrogens (tertiary/aromatic N) is 2. The van der Waals surface area contributed by atoms with Crippen LogP contribution in [0.15, 0.2) is 24.8 Å². The summed E-state index contributed by atoms with van der Waals surface area (Å²) in [5.41, 5.74) is 2.82. The maximum Gasteiger partial charge on any atom is 0.420 e. The molecule has 0 aliphatic carbocycles. The molecule has 0 amide bonds. The van der Waals surface area contributed by atoms with E-state index in [4.69, 9.17) is 5.11 Å². The number of aromatic carboxylic acids is 1. The molecule has 0 saturated carbocycles. The van der Waals surface area contributed by atoms with Crippen molar-refractivity contribution in [2.75, 3.05) is 0 Å². The van der Waals surface area contributed by atoms with Crippen molar-refractivity contribution in [3.8, 4) is 0 Å². The lowest BCUT2D eigenvalue weighted by molar-refractivity contribution is -0.648. The highest BCUT2D eigenvalue weighted by Gasteiger charge is 2.27. The summed E-state index contributed by atoms with van der Waals surface area (Å²) < 4.78 is 3.24. The quantitative estimate of drug-likeness (QED) is 0.776. The lowest BCUT2D eigenvalue weighted by Crippen LogP contribution is -2.35. The van der Waals surface area contributed by atoms with E-state index in [9.17, 15) is 4.79 Å². The average Bonchev–Trinajstić information content (AvgIpc) is 2.50. The summed E-state index contributed by atoms with van der Waals surface area (Å²) in [7, 11) is 1.74. The molecular weight excluding hydrogens is 204 g/mol. The van der Waals surface area contributed by atoms with Crippen LogP contribution < -0.4 is 4.57 Å². The lowest BCUT2D eigenvalue weighted by Gasteiger charge is -1.91. The second-order valence-corrected chi connectivity index (χ2v) is 3.73. The highest BCUT2D eigenvalue weighted by molar-refractivity contribution is 5.88. The molecule has 4 nitrogen and oxygen atoms in total. The number of carbonyl (C=O) groups is 1. The van der Waals surface area contributed by atoms with Crippen molar-refractivity contribution in [1.82, 2.24) is 4.57 Å². The monoisotopic (exact) mass is 217 g/mol. The third-order valence-corrected chi connectivity index (χ3v) is 2.67. The number of carboxylic acid groups (broad SMARTS) is 1. The van der Waals surface area contributed by atoms with Gasteiger partial charge in [0.15, 0.2) is 11.0 Å². The molecule has 1 N–H and O–H groups in total. The van der Waals surface area contributed by atoms with Crippen molar-refractivity contribution in [2.24, 2.45) is 7.05 Å². The van der Waals surface area contributed by atoms with Crippen LogP contribution in [0.4, 0.5) is 0 Å². The van der Waals surface area contributed by atoms with Crippen LogP contribution in [-0.2, 0) is 7.05 Å². The molecule has 2 aromatic rings. The number of hydrogen-bond donors (Lipinski definition) is 1. The highest BCUT2D eigenvalue weighted by Crippen LogP contribution is 2.16. The Morgan fingerprint density at radius 2 is 2.25 bits per heavy atom. The molecule has 0 unspecified atom stereocenters. The largest absolute Gasteiger partial charge is 0.472 e. The predicted molar refractivity (Wildman–Crippen MR) is 61.2 cm³/mol. The second kappa shape index (κ2) is 3.48. The minimum atomic E-state index is -0.962. The first-order valence-corrected chi connectivity index (χ1v) is 4.92. The standard InChI is InChI=1S/C12H12N2O2/c1-4-14-10-7-8(2)5-6-9(10)13(3)11(14)12(15)16/h4-7H,1H2,2-3H3/p+1. The minimum Gasteiger partial charge on any atom is -0.472 e. The zero-order valence-electron chi connectivity index (χ0n) is 9.27. The molecule has 0 bridgehead atoms. The zero-order valence-corrected chi connectivity index (χ0v) is 9.27. The third-order valence-electron chi connectivity index (χ3n) is 2.67. The van der Waals surface area contributed by atoms with E-state index in [0.29, 0.717) is 0 Å². The number of carboxylic acids is 1. The normalized spacial score (nSPS) is 10.6. The zero-order chi connectivity index (χ0) is 11.9. The maximum absolute atomic E-state index is 11.2. The van der Waals surface area contributed by atoms with Crippen molar-refractivity contribution in [3.63, 3.8) is 0 Å². The third kappa shape index (κ3) is 1.31. The molecule has 0 saturated heterocycles. The summed E-state index contributed by atoms with van der Waals surface area (Å²) in [5, 5.41) is 9.16. The van der Waals surface area contributed by atoms with Crippen LogP contribution in [0.2, 0.25) is 0 Å². The van der Waals surface area contributed by atoms with Crippen molar-refractivity contribution in [3.05, 3.63) is 36.2 Å². The van der Waals surface area contributed by atoms with E-state index in [1.165, 1.54) is 6.20 Å². The van der Waals surface area contributed by atoms with Gasteiger partial charge in [0.05, 0.1) is 13.2 Å². The number of fused-ring (bicyclic) bond motifs is 1. The van der Waals surface area contributed by atoms with Crippen molar-refractivity contribution < 1.29 is 14.5 Å². The van der Waals surface area contributed by atoms with Crippen LogP contribution in [-0.4, -0.2) is 15.6 Å². The number of rotatable bonds is 2. The molecule has 0 aliphatic heterocycles. The van der Waals surface area contributed by atoms with E-state index in [2.05, 4.69) is 6.58 Å². The summed E-state index contributed by atoms with van der Waals surface area (Å²) >= 11 is 0. The van der Waals surface area contributed by atoms with Gasteiger partial charge >= 0.3 is 11.8 Å². The fraction of sp³-hybridized carbons (Fsp3) is 0.167. The lowest BCUT2D eigenvalue weighted by atomic mass is 10.2. The molecular formula is C12H13N2O2+. The number of benzene rings is 1. The fourth-order valence-corrected chi connectivity index (χ4v) is 1.93. The molecule has 1 aromatic heterocycles. The second-order valence-electron chi connectivity index (χ2n) is 3.73. The summed E-state index contributed by atoms with van der Waals surface area (Å²) in [5.74, 6) is -0.758. The number of imidazole rings is 1. The first-order chi connectivity index (χ1) is 7.56. The van der Waals surface area contributed by atoms with Gasteiger partial charge in [-0.3, -0.25) is 0 Å². The minimum absolute atomic E-state index is 0.204. The summed E-state index contributed by atoms with van der Waals surface area (Å²) in [4.78, 5) is 11.2. The van der Waals surface area contributed by atoms with Crippen molar-refractivity contribution in [2.45, 2.75) is 6.92 Å². The average molecular weight is 217 g/mol. The molecule has 0 fully saturated rings. The Balaban J connectivity index is 2.96. The van der Waals surface area contributed by atoms with Crippen LogP contribution in [0, 0.1) is 6.92 Å². The predicted octanol–water partition coefficient (Wildman–Crippen LogP) is 1.57. The van der Waals surface area contributed by atoms with E-state index < -0.39 is 5.97 Å². The molecule has 0 atom stereocenters. The van der Waals surface area contributed by atoms with E-state index in [1.807, 2.05) is 25.1 Å². The maximum atomic E-state index is 11.2. The number of aromatic nitrogens is 2. The molecule has 16 heavy (non-hydrogen) atoms. The Hall–Kier alpha value is -2.10. The number of aryl methyl sites for hydroxylation is 2. The summed E-state index contributed by atoms with van der Waals surface area (Å²) in [6.45, 7) is 5.63. The SMILES string of the molecule is C=Cn1c(C(=O)O)[n+](C)c2ccc(C)cc21. The molecule has 4 heteroatoms. The van der Waals surface area contributed by atoms with Gasteiger partial charge in [-0.1, -0.05) is 12.6 Å². The Labute approximate surface area is 93.1 Å². The van der Waals surface area contributed by atoms with Crippen molar-refractivity contribution in [1.29, 1.82) is 0 Å². The fourth-order valence-electron chi connectivity index (χ4n) is 1.93. The van der Waals surface area contributed by atoms with E-state index in [-0.39, 0.29) is 5.82 Å². The van der Waals surface area contributed by atoms with Gasteiger partial charge in [0.2, 0.25) is 0 Å². The molecule has 82 valence electrons. The Morgan fingerprint density at radius 3 is 2.81 bits per heavy atom. The number of hydrogen-bond acceptors (Lipinski definition) is 1. The van der Waals surface area contributed by atoms with Gasteiger partial charge in [0.25, 0.3) is 0 Å². The van der Waals surface area contributed by atoms with Crippen molar-refractivity contribution >= 4 is 23.2 Å². The van der Waals surface area contributed by atoms with Crippen LogP contribution in [0.25, 0.3) is 17.2 Å². The van der Waals surface area contributed by atoms with Gasteiger partial charge in [-0.05, 0) is 24.6 Å². The summed E-state index contributed by atoms with van der Waals surface area (Å²) in [6.07, 6.45) is 1.52. The van der Waals surface area contributed by atoms with Gasteiger partial charge in [0, 0.05) is 0 Å². The van der Waals surface area contributed by atoms with Gasteiger partial charge in [-0.15, -0.1) is 0 Å². The molecule has 0 radical (unpaired) electrons. The van der Waals surface area contributed by atoms with Gasteiger partial charge < -0.3 is 5.11 Å². The van der Waals surface area contributed by atoms with E-state index in [1.54, 1.807) is 16.2 Å². The molecule has 0 aliphatic rings. The van der Waals surface area contributed by atoms with Gasteiger partial charge in [0.1, 0.15) is 0 Å². The van der Waals surface area contributed by atoms with Crippen LogP contribution in [0.5, 0.6) is 0 Å². The van der Waals surface area contributed by atoms with E-state index >= 15 is 0 Å². The molecule has 1 aromatic carbocycles. The van der Waals surface area contributed by atoms with E-state index in [0.717, 1.165) is 16.6 Å². The topological polar surface area (TPSA) is 46.1 Å². The molecule has 1 heterocycles. The van der Waals surface area contributed by atoms with Crippen LogP contribution in [0.1, 0.15) is 16.2 Å². The smallest absolute Gasteiger partial charge is 0.420 e. The molecule has 0 spiro atoms. The Bertz CT molecular complexity index is 597. The van der Waals surface area contributed by atoms with Crippen LogP contribution in [0.3, 0.4) is 0 Å². The van der Waals surface area contributed by atoms with Gasteiger partial charge in [-0.25, -0.2) is 9.36 Å². The first kappa shape index (κ1) is 10.4. The first-order valence-electron chi connectivity index (χ1n) is 4.92. The Morgan fingerprint density at radius 1 is 1.56 bits per heavy atom. The highest BCUT2D eigenvalue weighted by atomic mass is 16.4. The molecule has 2 rings (SSSR count). The Kier molecular flexibility index (Phi) is 2.27.